The molecule has 0 aliphatic carbocycles. The zero-order chi connectivity index (χ0) is 17.2. The number of anilines is 4. The molecule has 7 heteroatoms. The Kier molecular flexibility index (Phi) is 4.03. The van der Waals surface area contributed by atoms with Crippen LogP contribution < -0.4 is 20.1 Å². The molecule has 1 aromatic heterocycles. The first-order chi connectivity index (χ1) is 12.2. The van der Waals surface area contributed by atoms with Gasteiger partial charge in [0.2, 0.25) is 12.7 Å². The third-order valence-corrected chi connectivity index (χ3v) is 3.97. The summed E-state index contributed by atoms with van der Waals surface area (Å²) in [5.41, 5.74) is 2.80. The van der Waals surface area contributed by atoms with Gasteiger partial charge < -0.3 is 20.1 Å². The zero-order valence-electron chi connectivity index (χ0n) is 13.4. The number of hydrogen-bond acceptors (Lipinski definition) is 6. The van der Waals surface area contributed by atoms with Gasteiger partial charge in [0, 0.05) is 28.7 Å². The predicted molar refractivity (Wildman–Crippen MR) is 97.4 cm³/mol. The third-order valence-electron chi connectivity index (χ3n) is 3.74. The number of aromatic nitrogens is 2. The minimum absolute atomic E-state index is 0.245. The molecular weight excluding hydrogens is 340 g/mol. The van der Waals surface area contributed by atoms with Crippen molar-refractivity contribution in [3.05, 3.63) is 59.2 Å². The second kappa shape index (κ2) is 6.49. The fourth-order valence-corrected chi connectivity index (χ4v) is 2.72. The summed E-state index contributed by atoms with van der Waals surface area (Å²) in [6.07, 6.45) is 1.69. The summed E-state index contributed by atoms with van der Waals surface area (Å²) < 4.78 is 10.7. The molecule has 2 heterocycles. The quantitative estimate of drug-likeness (QED) is 0.710. The summed E-state index contributed by atoms with van der Waals surface area (Å²) in [5, 5.41) is 7.14. The highest BCUT2D eigenvalue weighted by Crippen LogP contribution is 2.34. The van der Waals surface area contributed by atoms with Crippen molar-refractivity contribution in [2.24, 2.45) is 0 Å². The van der Waals surface area contributed by atoms with Crippen molar-refractivity contribution in [1.82, 2.24) is 9.97 Å². The molecule has 0 bridgehead atoms. The topological polar surface area (TPSA) is 68.3 Å². The van der Waals surface area contributed by atoms with E-state index in [2.05, 4.69) is 20.6 Å². The number of nitrogens with zero attached hydrogens (tertiary/aromatic N) is 2. The third kappa shape index (κ3) is 3.44. The molecule has 6 nitrogen and oxygen atoms in total. The van der Waals surface area contributed by atoms with E-state index in [4.69, 9.17) is 21.1 Å². The van der Waals surface area contributed by atoms with E-state index in [9.17, 15) is 0 Å². The molecule has 0 fully saturated rings. The number of hydrogen-bond donors (Lipinski definition) is 2. The van der Waals surface area contributed by atoms with Crippen LogP contribution in [0.25, 0.3) is 0 Å². The highest BCUT2D eigenvalue weighted by atomic mass is 35.5. The first-order valence-corrected chi connectivity index (χ1v) is 8.08. The van der Waals surface area contributed by atoms with Gasteiger partial charge in [-0.05, 0) is 48.9 Å². The van der Waals surface area contributed by atoms with Crippen LogP contribution in [0.1, 0.15) is 5.56 Å². The molecule has 3 aromatic rings. The van der Waals surface area contributed by atoms with E-state index in [0.29, 0.717) is 22.5 Å². The van der Waals surface area contributed by atoms with Gasteiger partial charge in [-0.3, -0.25) is 0 Å². The lowest BCUT2D eigenvalue weighted by Crippen LogP contribution is -2.01. The monoisotopic (exact) mass is 354 g/mol. The van der Waals surface area contributed by atoms with Crippen LogP contribution in [0, 0.1) is 6.92 Å². The largest absolute Gasteiger partial charge is 0.454 e. The maximum absolute atomic E-state index is 5.99. The number of benzene rings is 2. The van der Waals surface area contributed by atoms with Crippen LogP contribution in [0.3, 0.4) is 0 Å². The Morgan fingerprint density at radius 1 is 1.00 bits per heavy atom. The standard InChI is InChI=1S/C18H15ClN4O2/c1-11-8-12(19)2-4-14(11)22-17-6-7-20-18(23-17)21-13-3-5-15-16(9-13)25-10-24-15/h2-9H,10H2,1H3,(H2,20,21,22,23). The van der Waals surface area contributed by atoms with Crippen molar-refractivity contribution in [2.75, 3.05) is 17.4 Å². The maximum atomic E-state index is 5.99. The molecule has 2 aromatic carbocycles. The molecule has 0 amide bonds. The van der Waals surface area contributed by atoms with Crippen LogP contribution in [0.15, 0.2) is 48.7 Å². The van der Waals surface area contributed by atoms with Crippen molar-refractivity contribution in [3.63, 3.8) is 0 Å². The smallest absolute Gasteiger partial charge is 0.231 e. The molecule has 0 spiro atoms. The van der Waals surface area contributed by atoms with E-state index in [1.165, 1.54) is 0 Å². The second-order valence-electron chi connectivity index (χ2n) is 5.54. The van der Waals surface area contributed by atoms with Crippen molar-refractivity contribution < 1.29 is 9.47 Å². The van der Waals surface area contributed by atoms with E-state index < -0.39 is 0 Å². The summed E-state index contributed by atoms with van der Waals surface area (Å²) in [7, 11) is 0. The van der Waals surface area contributed by atoms with Gasteiger partial charge in [0.05, 0.1) is 0 Å². The molecule has 25 heavy (non-hydrogen) atoms. The van der Waals surface area contributed by atoms with Crippen molar-refractivity contribution in [1.29, 1.82) is 0 Å². The average molecular weight is 355 g/mol. The van der Waals surface area contributed by atoms with Crippen molar-refractivity contribution in [3.8, 4) is 11.5 Å². The summed E-state index contributed by atoms with van der Waals surface area (Å²) in [4.78, 5) is 8.73. The molecule has 0 radical (unpaired) electrons. The number of fused-ring (bicyclic) bond motifs is 1. The molecule has 0 saturated heterocycles. The van der Waals surface area contributed by atoms with Gasteiger partial charge >= 0.3 is 0 Å². The zero-order valence-corrected chi connectivity index (χ0v) is 14.2. The summed E-state index contributed by atoms with van der Waals surface area (Å²) in [6, 6.07) is 13.1. The lowest BCUT2D eigenvalue weighted by Gasteiger charge is -2.11. The number of rotatable bonds is 4. The predicted octanol–water partition coefficient (Wildman–Crippen LogP) is 4.65. The first kappa shape index (κ1) is 15.5. The molecule has 1 aliphatic heterocycles. The molecule has 4 rings (SSSR count). The Labute approximate surface area is 149 Å². The molecular formula is C18H15ClN4O2. The summed E-state index contributed by atoms with van der Waals surface area (Å²) in [6.45, 7) is 2.23. The minimum atomic E-state index is 0.245. The van der Waals surface area contributed by atoms with Gasteiger partial charge in [-0.15, -0.1) is 0 Å². The number of nitrogens with one attached hydrogen (secondary N) is 2. The highest BCUT2D eigenvalue weighted by Gasteiger charge is 2.13. The van der Waals surface area contributed by atoms with E-state index in [1.54, 1.807) is 12.3 Å². The van der Waals surface area contributed by atoms with Gasteiger partial charge in [-0.1, -0.05) is 11.6 Å². The van der Waals surface area contributed by atoms with Crippen molar-refractivity contribution in [2.45, 2.75) is 6.92 Å². The van der Waals surface area contributed by atoms with Gasteiger partial charge in [0.15, 0.2) is 11.5 Å². The average Bonchev–Trinajstić information content (AvgIpc) is 3.05. The van der Waals surface area contributed by atoms with E-state index >= 15 is 0 Å². The summed E-state index contributed by atoms with van der Waals surface area (Å²) in [5.74, 6) is 2.61. The lowest BCUT2D eigenvalue weighted by atomic mass is 10.2. The van der Waals surface area contributed by atoms with Gasteiger partial charge in [-0.2, -0.15) is 4.98 Å². The minimum Gasteiger partial charge on any atom is -0.454 e. The maximum Gasteiger partial charge on any atom is 0.231 e. The molecule has 0 saturated carbocycles. The second-order valence-corrected chi connectivity index (χ2v) is 5.98. The fourth-order valence-electron chi connectivity index (χ4n) is 2.50. The first-order valence-electron chi connectivity index (χ1n) is 7.70. The normalized spacial score (nSPS) is 12.1. The van der Waals surface area contributed by atoms with Gasteiger partial charge in [-0.25, -0.2) is 4.98 Å². The number of halogens is 1. The number of aryl methyl sites for hydroxylation is 1. The molecule has 126 valence electrons. The Morgan fingerprint density at radius 2 is 1.88 bits per heavy atom. The fraction of sp³-hybridized carbons (Fsp3) is 0.111. The van der Waals surface area contributed by atoms with E-state index in [-0.39, 0.29) is 6.79 Å². The van der Waals surface area contributed by atoms with Crippen LogP contribution in [-0.4, -0.2) is 16.8 Å². The van der Waals surface area contributed by atoms with Gasteiger partial charge in [0.25, 0.3) is 0 Å². The van der Waals surface area contributed by atoms with Crippen LogP contribution in [0.5, 0.6) is 11.5 Å². The Bertz CT molecular complexity index is 933. The molecule has 0 unspecified atom stereocenters. The van der Waals surface area contributed by atoms with Gasteiger partial charge in [0.1, 0.15) is 5.82 Å². The Balaban J connectivity index is 1.53. The van der Waals surface area contributed by atoms with E-state index in [0.717, 1.165) is 22.7 Å². The van der Waals surface area contributed by atoms with E-state index in [1.807, 2.05) is 43.3 Å². The SMILES string of the molecule is Cc1cc(Cl)ccc1Nc1ccnc(Nc2ccc3c(c2)OCO3)n1. The summed E-state index contributed by atoms with van der Waals surface area (Å²) >= 11 is 5.99. The molecule has 0 atom stereocenters. The molecule has 2 N–H and O–H groups in total. The Hall–Kier alpha value is -2.99. The van der Waals surface area contributed by atoms with Crippen molar-refractivity contribution >= 4 is 34.7 Å². The molecule has 1 aliphatic rings. The highest BCUT2D eigenvalue weighted by molar-refractivity contribution is 6.30. The van der Waals surface area contributed by atoms with Crippen LogP contribution in [-0.2, 0) is 0 Å². The Morgan fingerprint density at radius 3 is 2.76 bits per heavy atom. The van der Waals surface area contributed by atoms with Crippen LogP contribution >= 0.6 is 11.6 Å². The van der Waals surface area contributed by atoms with Crippen LogP contribution in [0.2, 0.25) is 5.02 Å². The number of ether oxygens (including phenoxy) is 2. The lowest BCUT2D eigenvalue weighted by molar-refractivity contribution is 0.174. The van der Waals surface area contributed by atoms with Crippen LogP contribution in [0.4, 0.5) is 23.1 Å².